The van der Waals surface area contributed by atoms with Gasteiger partial charge in [-0.15, -0.1) is 0 Å². The zero-order valence-corrected chi connectivity index (χ0v) is 28.8. The number of hydrogen-bond donors (Lipinski definition) is 3. The van der Waals surface area contributed by atoms with Crippen LogP contribution in [0.25, 0.3) is 0 Å². The summed E-state index contributed by atoms with van der Waals surface area (Å²) in [5, 5.41) is 13.2. The van der Waals surface area contributed by atoms with Crippen molar-refractivity contribution in [1.29, 1.82) is 0 Å². The highest BCUT2D eigenvalue weighted by Gasteiger charge is 2.55. The van der Waals surface area contributed by atoms with Gasteiger partial charge in [0.25, 0.3) is 5.91 Å². The molecule has 5 aliphatic rings. The Hall–Kier alpha value is -3.80. The van der Waals surface area contributed by atoms with E-state index in [4.69, 9.17) is 0 Å². The molecular formula is C37H50FN7O4. The second-order valence-corrected chi connectivity index (χ2v) is 15.5. The molecule has 0 radical (unpaired) electrons. The first-order valence-corrected chi connectivity index (χ1v) is 18.3. The van der Waals surface area contributed by atoms with Crippen molar-refractivity contribution in [2.75, 3.05) is 38.5 Å². The lowest BCUT2D eigenvalue weighted by atomic mass is 9.75. The molecule has 1 spiro atoms. The maximum atomic E-state index is 16.0. The molecule has 1 aromatic heterocycles. The summed E-state index contributed by atoms with van der Waals surface area (Å²) >= 11 is 0. The van der Waals surface area contributed by atoms with Gasteiger partial charge in [-0.25, -0.2) is 4.39 Å². The highest BCUT2D eigenvalue weighted by molar-refractivity contribution is 6.01. The Morgan fingerprint density at radius 1 is 0.980 bits per heavy atom. The van der Waals surface area contributed by atoms with Crippen molar-refractivity contribution < 1.29 is 23.6 Å². The second-order valence-electron chi connectivity index (χ2n) is 15.5. The normalized spacial score (nSPS) is 23.7. The smallest absolute Gasteiger partial charge is 0.270 e. The molecule has 264 valence electrons. The molecule has 4 saturated carbocycles. The molecule has 0 bridgehead atoms. The Kier molecular flexibility index (Phi) is 9.27. The number of benzene rings is 1. The average molecular weight is 676 g/mol. The van der Waals surface area contributed by atoms with Crippen LogP contribution in [0.1, 0.15) is 93.6 Å². The highest BCUT2D eigenvalue weighted by Crippen LogP contribution is 2.58. The molecule has 2 aromatic rings. The van der Waals surface area contributed by atoms with E-state index in [1.165, 1.54) is 6.07 Å². The van der Waals surface area contributed by atoms with Crippen LogP contribution in [0.15, 0.2) is 30.5 Å². The lowest BCUT2D eigenvalue weighted by Crippen LogP contribution is -2.58. The summed E-state index contributed by atoms with van der Waals surface area (Å²) in [4.78, 5) is 58.0. The number of hydrogen-bond acceptors (Lipinski definition) is 6. The topological polar surface area (TPSA) is 129 Å². The number of aromatic nitrogens is 2. The first-order chi connectivity index (χ1) is 23.6. The molecule has 2 heterocycles. The van der Waals surface area contributed by atoms with Gasteiger partial charge in [0.2, 0.25) is 17.7 Å². The van der Waals surface area contributed by atoms with E-state index in [0.717, 1.165) is 64.5 Å². The number of amides is 4. The van der Waals surface area contributed by atoms with Crippen LogP contribution >= 0.6 is 0 Å². The summed E-state index contributed by atoms with van der Waals surface area (Å²) in [6.45, 7) is 5.09. The zero-order valence-electron chi connectivity index (χ0n) is 28.8. The largest absolute Gasteiger partial charge is 0.343 e. The number of piperazine rings is 1. The van der Waals surface area contributed by atoms with Gasteiger partial charge in [0, 0.05) is 50.8 Å². The quantitative estimate of drug-likeness (QED) is 0.314. The minimum Gasteiger partial charge on any atom is -0.343 e. The number of halogens is 1. The molecule has 1 aromatic carbocycles. The summed E-state index contributed by atoms with van der Waals surface area (Å²) < 4.78 is 17.7. The predicted molar refractivity (Wildman–Crippen MR) is 182 cm³/mol. The summed E-state index contributed by atoms with van der Waals surface area (Å²) in [5.41, 5.74) is 0.636. The standard InChI is InChI=1S/C37H50FN7O4/c1-3-30(46)41-32(35(49)44-19-17-43(2)18-20-44)37(14-15-37)26-8-9-28(27(38)21-26)40-34(48)31(25-5-4-11-36(22-25)12-13-36)42-33(47)29-10-16-39-45(29)23-24-6-7-24/h8-10,16,21,24-25,31-32H,3-7,11-15,17-20,22-23H2,1-2H3,(H,40,48)(H,41,46)(H,42,47)/t25-,31-,32-/m0/s1. The number of anilines is 1. The Labute approximate surface area is 287 Å². The summed E-state index contributed by atoms with van der Waals surface area (Å²) in [6.07, 6.45) is 11.5. The van der Waals surface area contributed by atoms with E-state index in [9.17, 15) is 19.2 Å². The number of rotatable bonds is 12. The van der Waals surface area contributed by atoms with Crippen LogP contribution < -0.4 is 16.0 Å². The molecule has 3 atom stereocenters. The van der Waals surface area contributed by atoms with Crippen LogP contribution in [0, 0.1) is 23.1 Å². The molecule has 4 amide bonds. The molecule has 3 N–H and O–H groups in total. The van der Waals surface area contributed by atoms with Crippen LogP contribution in [-0.4, -0.2) is 88.5 Å². The lowest BCUT2D eigenvalue weighted by Gasteiger charge is -2.37. The van der Waals surface area contributed by atoms with Gasteiger partial charge in [-0.3, -0.25) is 23.9 Å². The Morgan fingerprint density at radius 2 is 1.73 bits per heavy atom. The van der Waals surface area contributed by atoms with E-state index in [-0.39, 0.29) is 41.2 Å². The van der Waals surface area contributed by atoms with Gasteiger partial charge in [-0.05, 0) is 106 Å². The van der Waals surface area contributed by atoms with E-state index in [2.05, 4.69) is 25.9 Å². The van der Waals surface area contributed by atoms with Gasteiger partial charge in [-0.2, -0.15) is 5.10 Å². The van der Waals surface area contributed by atoms with Crippen LogP contribution in [0.4, 0.5) is 10.1 Å². The van der Waals surface area contributed by atoms with E-state index in [1.54, 1.807) is 40.9 Å². The Bertz CT molecular complexity index is 1590. The fourth-order valence-electron chi connectivity index (χ4n) is 8.17. The first kappa shape index (κ1) is 33.7. The number of carbonyl (C=O) groups is 4. The van der Waals surface area contributed by atoms with Crippen molar-refractivity contribution in [2.24, 2.45) is 17.3 Å². The highest BCUT2D eigenvalue weighted by atomic mass is 19.1. The third-order valence-electron chi connectivity index (χ3n) is 11.9. The summed E-state index contributed by atoms with van der Waals surface area (Å²) in [6, 6.07) is 4.78. The predicted octanol–water partition coefficient (Wildman–Crippen LogP) is 3.84. The minimum absolute atomic E-state index is 0.0269. The molecule has 12 heteroatoms. The van der Waals surface area contributed by atoms with Crippen molar-refractivity contribution in [2.45, 2.75) is 102 Å². The number of likely N-dealkylation sites (N-methyl/N-ethyl adjacent to an activating group) is 1. The average Bonchev–Trinajstić information content (AvgIpc) is 4.04. The lowest BCUT2D eigenvalue weighted by molar-refractivity contribution is -0.138. The minimum atomic E-state index is -0.821. The summed E-state index contributed by atoms with van der Waals surface area (Å²) in [5.74, 6) is -1.27. The van der Waals surface area contributed by atoms with Crippen molar-refractivity contribution in [3.63, 3.8) is 0 Å². The van der Waals surface area contributed by atoms with E-state index in [0.29, 0.717) is 49.7 Å². The maximum absolute atomic E-state index is 16.0. The SMILES string of the molecule is CCC(=O)N[C@@H](C(=O)N1CCN(C)CC1)C1(c2ccc(NC(=O)[C@@H](NC(=O)c3ccnn3CC3CC3)[C@H]3CCCC4(CC4)C3)c(F)c2)CC1. The number of nitrogens with zero attached hydrogens (tertiary/aromatic N) is 4. The van der Waals surface area contributed by atoms with Crippen molar-refractivity contribution in [3.05, 3.63) is 47.5 Å². The second kappa shape index (κ2) is 13.5. The van der Waals surface area contributed by atoms with Gasteiger partial charge < -0.3 is 25.8 Å². The van der Waals surface area contributed by atoms with Crippen LogP contribution in [0.2, 0.25) is 0 Å². The molecule has 7 rings (SSSR count). The van der Waals surface area contributed by atoms with Crippen molar-refractivity contribution in [3.8, 4) is 0 Å². The first-order valence-electron chi connectivity index (χ1n) is 18.3. The van der Waals surface area contributed by atoms with Gasteiger partial charge >= 0.3 is 0 Å². The molecule has 4 aliphatic carbocycles. The van der Waals surface area contributed by atoms with Crippen LogP contribution in [0.5, 0.6) is 0 Å². The fourth-order valence-corrected chi connectivity index (χ4v) is 8.17. The van der Waals surface area contributed by atoms with Crippen LogP contribution in [0.3, 0.4) is 0 Å². The van der Waals surface area contributed by atoms with Gasteiger partial charge in [0.15, 0.2) is 0 Å². The molecular weight excluding hydrogens is 625 g/mol. The number of nitrogens with one attached hydrogen (secondary N) is 3. The monoisotopic (exact) mass is 675 g/mol. The molecule has 0 unspecified atom stereocenters. The van der Waals surface area contributed by atoms with E-state index < -0.39 is 29.2 Å². The van der Waals surface area contributed by atoms with E-state index >= 15 is 4.39 Å². The number of carbonyl (C=O) groups excluding carboxylic acids is 4. The molecule has 49 heavy (non-hydrogen) atoms. The molecule has 5 fully saturated rings. The molecule has 1 saturated heterocycles. The zero-order chi connectivity index (χ0) is 34.3. The molecule has 11 nitrogen and oxygen atoms in total. The van der Waals surface area contributed by atoms with E-state index in [1.807, 2.05) is 7.05 Å². The third-order valence-corrected chi connectivity index (χ3v) is 11.9. The van der Waals surface area contributed by atoms with Crippen molar-refractivity contribution in [1.82, 2.24) is 30.2 Å². The Balaban J connectivity index is 1.09. The fraction of sp³-hybridized carbons (Fsp3) is 0.649. The summed E-state index contributed by atoms with van der Waals surface area (Å²) in [7, 11) is 2.02. The van der Waals surface area contributed by atoms with Crippen LogP contribution in [-0.2, 0) is 26.3 Å². The molecule has 1 aliphatic heterocycles. The van der Waals surface area contributed by atoms with Crippen molar-refractivity contribution >= 4 is 29.3 Å². The van der Waals surface area contributed by atoms with Gasteiger partial charge in [0.05, 0.1) is 5.69 Å². The maximum Gasteiger partial charge on any atom is 0.270 e. The van der Waals surface area contributed by atoms with Gasteiger partial charge in [0.1, 0.15) is 23.6 Å². The third kappa shape index (κ3) is 7.25. The van der Waals surface area contributed by atoms with Gasteiger partial charge in [-0.1, -0.05) is 19.4 Å². The Morgan fingerprint density at radius 3 is 2.39 bits per heavy atom.